The van der Waals surface area contributed by atoms with Crippen molar-refractivity contribution in [2.45, 2.75) is 264 Å². The number of nitrogens with zero attached hydrogens (tertiary/aromatic N) is 1. The van der Waals surface area contributed by atoms with E-state index in [2.05, 4.69) is 13.8 Å². The molecule has 0 amide bonds. The molecule has 344 valence electrons. The lowest BCUT2D eigenvalue weighted by atomic mass is 10.0. The molecular formula is C50H97NO7. The summed E-state index contributed by atoms with van der Waals surface area (Å²) in [5.41, 5.74) is 0. The predicted molar refractivity (Wildman–Crippen MR) is 241 cm³/mol. The van der Waals surface area contributed by atoms with Gasteiger partial charge in [0, 0.05) is 19.3 Å². The molecule has 8 nitrogen and oxygen atoms in total. The van der Waals surface area contributed by atoms with Gasteiger partial charge in [-0.2, -0.15) is 0 Å². The Morgan fingerprint density at radius 1 is 0.448 bits per heavy atom. The number of carboxylic acid groups (broad SMARTS) is 1. The molecule has 0 aliphatic rings. The molecule has 2 atom stereocenters. The zero-order chi connectivity index (χ0) is 42.8. The van der Waals surface area contributed by atoms with Crippen molar-refractivity contribution in [3.63, 3.8) is 0 Å². The van der Waals surface area contributed by atoms with Crippen molar-refractivity contribution >= 4 is 17.9 Å². The van der Waals surface area contributed by atoms with Crippen LogP contribution in [0.2, 0.25) is 0 Å². The van der Waals surface area contributed by atoms with Crippen LogP contribution in [-0.4, -0.2) is 75.5 Å². The molecule has 0 bridgehead atoms. The first-order chi connectivity index (χ1) is 28.1. The van der Waals surface area contributed by atoms with Gasteiger partial charge in [-0.15, -0.1) is 0 Å². The second-order valence-electron chi connectivity index (χ2n) is 18.4. The van der Waals surface area contributed by atoms with Gasteiger partial charge in [-0.25, -0.2) is 0 Å². The summed E-state index contributed by atoms with van der Waals surface area (Å²) < 4.78 is 17.2. The highest BCUT2D eigenvalue weighted by Crippen LogP contribution is 2.17. The Bertz CT molecular complexity index is 920. The number of unbranched alkanes of at least 4 members (excludes halogenated alkanes) is 32. The smallest absolute Gasteiger partial charge is 0.306 e. The molecule has 58 heavy (non-hydrogen) atoms. The number of quaternary nitrogens is 1. The van der Waals surface area contributed by atoms with Gasteiger partial charge in [0.2, 0.25) is 0 Å². The highest BCUT2D eigenvalue weighted by atomic mass is 16.6. The number of carbonyl (C=O) groups excluding carboxylic acids is 3. The Morgan fingerprint density at radius 2 is 0.759 bits per heavy atom. The van der Waals surface area contributed by atoms with Gasteiger partial charge in [0.1, 0.15) is 12.6 Å². The van der Waals surface area contributed by atoms with Crippen molar-refractivity contribution in [3.8, 4) is 0 Å². The molecule has 0 N–H and O–H groups in total. The summed E-state index contributed by atoms with van der Waals surface area (Å²) in [6.45, 7) is 4.71. The minimum Gasteiger partial charge on any atom is -0.544 e. The summed E-state index contributed by atoms with van der Waals surface area (Å²) in [5.74, 6) is -1.71. The van der Waals surface area contributed by atoms with Crippen molar-refractivity contribution in [3.05, 3.63) is 0 Å². The lowest BCUT2D eigenvalue weighted by molar-refractivity contribution is -0.889. The van der Waals surface area contributed by atoms with Crippen LogP contribution in [0.3, 0.4) is 0 Å². The largest absolute Gasteiger partial charge is 0.544 e. The van der Waals surface area contributed by atoms with E-state index in [1.165, 1.54) is 180 Å². The van der Waals surface area contributed by atoms with Gasteiger partial charge in [-0.3, -0.25) is 9.59 Å². The predicted octanol–water partition coefficient (Wildman–Crippen LogP) is 12.8. The lowest BCUT2D eigenvalue weighted by Crippen LogP contribution is -2.55. The van der Waals surface area contributed by atoms with Crippen LogP contribution in [0, 0.1) is 0 Å². The zero-order valence-electron chi connectivity index (χ0n) is 39.2. The van der Waals surface area contributed by atoms with Gasteiger partial charge in [0.25, 0.3) is 0 Å². The molecule has 0 aliphatic heterocycles. The molecule has 0 aromatic heterocycles. The molecule has 0 spiro atoms. The Kier molecular flexibility index (Phi) is 40.8. The van der Waals surface area contributed by atoms with Crippen LogP contribution in [0.5, 0.6) is 0 Å². The Labute approximate surface area is 359 Å². The van der Waals surface area contributed by atoms with E-state index in [-0.39, 0.29) is 42.7 Å². The first-order valence-corrected chi connectivity index (χ1v) is 25.1. The molecule has 0 saturated heterocycles. The van der Waals surface area contributed by atoms with E-state index >= 15 is 0 Å². The summed E-state index contributed by atoms with van der Waals surface area (Å²) in [5, 5.41) is 11.6. The Hall–Kier alpha value is -1.67. The lowest BCUT2D eigenvalue weighted by Gasteiger charge is -2.34. The van der Waals surface area contributed by atoms with Crippen LogP contribution in [0.4, 0.5) is 0 Å². The van der Waals surface area contributed by atoms with E-state index in [4.69, 9.17) is 14.2 Å². The van der Waals surface area contributed by atoms with Gasteiger partial charge < -0.3 is 28.6 Å². The van der Waals surface area contributed by atoms with E-state index < -0.39 is 18.1 Å². The zero-order valence-corrected chi connectivity index (χ0v) is 39.2. The Morgan fingerprint density at radius 3 is 1.07 bits per heavy atom. The summed E-state index contributed by atoms with van der Waals surface area (Å²) in [6, 6.07) is -0.719. The van der Waals surface area contributed by atoms with E-state index in [1.54, 1.807) is 0 Å². The normalized spacial score (nSPS) is 12.8. The summed E-state index contributed by atoms with van der Waals surface area (Å²) in [4.78, 5) is 36.9. The van der Waals surface area contributed by atoms with Crippen molar-refractivity contribution < 1.29 is 38.2 Å². The maximum atomic E-state index is 12.7. The number of carbonyl (C=O) groups is 3. The van der Waals surface area contributed by atoms with Gasteiger partial charge in [0.05, 0.1) is 40.3 Å². The van der Waals surface area contributed by atoms with Crippen LogP contribution in [-0.2, 0) is 28.6 Å². The topological polar surface area (TPSA) is 102 Å². The highest BCUT2D eigenvalue weighted by molar-refractivity contribution is 5.70. The molecule has 0 saturated carbocycles. The molecule has 0 rings (SSSR count). The monoisotopic (exact) mass is 824 g/mol. The first-order valence-electron chi connectivity index (χ1n) is 25.1. The van der Waals surface area contributed by atoms with E-state index in [0.29, 0.717) is 12.8 Å². The first kappa shape index (κ1) is 56.3. The SMILES string of the molecule is CCCCCCCCCCCCCCCCCCCCCCCC(=O)OCC(COCCC(C(=O)[O-])[N+](C)(C)C)OC(=O)CCCCCCCCCCCCCCC. The van der Waals surface area contributed by atoms with Crippen LogP contribution < -0.4 is 5.11 Å². The Balaban J connectivity index is 4.15. The third kappa shape index (κ3) is 39.8. The van der Waals surface area contributed by atoms with Crippen LogP contribution in [0.1, 0.15) is 251 Å². The van der Waals surface area contributed by atoms with Gasteiger partial charge in [-0.1, -0.05) is 219 Å². The van der Waals surface area contributed by atoms with Gasteiger partial charge in [0.15, 0.2) is 6.10 Å². The van der Waals surface area contributed by atoms with Gasteiger partial charge >= 0.3 is 11.9 Å². The van der Waals surface area contributed by atoms with E-state index in [9.17, 15) is 19.5 Å². The minimum absolute atomic E-state index is 0.0495. The van der Waals surface area contributed by atoms with E-state index in [1.807, 2.05) is 21.1 Å². The van der Waals surface area contributed by atoms with Crippen molar-refractivity contribution in [2.75, 3.05) is 41.0 Å². The van der Waals surface area contributed by atoms with Crippen molar-refractivity contribution in [1.29, 1.82) is 0 Å². The molecule has 0 aromatic carbocycles. The second-order valence-corrected chi connectivity index (χ2v) is 18.4. The molecule has 0 aromatic rings. The van der Waals surface area contributed by atoms with Crippen LogP contribution >= 0.6 is 0 Å². The number of likely N-dealkylation sites (N-methyl/N-ethyl adjacent to an activating group) is 1. The molecule has 8 heteroatoms. The molecule has 0 radical (unpaired) electrons. The number of rotatable bonds is 46. The molecule has 2 unspecified atom stereocenters. The van der Waals surface area contributed by atoms with Crippen LogP contribution in [0.15, 0.2) is 0 Å². The number of aliphatic carboxylic acids is 1. The molecule has 0 heterocycles. The number of esters is 2. The average Bonchev–Trinajstić information content (AvgIpc) is 3.18. The quantitative estimate of drug-likeness (QED) is 0.0342. The summed E-state index contributed by atoms with van der Waals surface area (Å²) in [6.07, 6.45) is 44.2. The fourth-order valence-electron chi connectivity index (χ4n) is 7.84. The third-order valence-electron chi connectivity index (χ3n) is 11.7. The maximum absolute atomic E-state index is 12.7. The van der Waals surface area contributed by atoms with Crippen molar-refractivity contribution in [2.24, 2.45) is 0 Å². The number of hydrogen-bond acceptors (Lipinski definition) is 7. The molecule has 0 aliphatic carbocycles. The number of hydrogen-bond donors (Lipinski definition) is 0. The fourth-order valence-corrected chi connectivity index (χ4v) is 7.84. The number of ether oxygens (including phenoxy) is 3. The molecular weight excluding hydrogens is 727 g/mol. The van der Waals surface area contributed by atoms with E-state index in [0.717, 1.165) is 38.5 Å². The third-order valence-corrected chi connectivity index (χ3v) is 11.7. The van der Waals surface area contributed by atoms with Gasteiger partial charge in [-0.05, 0) is 12.8 Å². The molecule has 0 fully saturated rings. The highest BCUT2D eigenvalue weighted by Gasteiger charge is 2.25. The second kappa shape index (κ2) is 42.0. The van der Waals surface area contributed by atoms with Crippen LogP contribution in [0.25, 0.3) is 0 Å². The van der Waals surface area contributed by atoms with Crippen molar-refractivity contribution in [1.82, 2.24) is 0 Å². The average molecular weight is 824 g/mol. The summed E-state index contributed by atoms with van der Waals surface area (Å²) >= 11 is 0. The number of carboxylic acids is 1. The summed E-state index contributed by atoms with van der Waals surface area (Å²) in [7, 11) is 5.43. The standard InChI is InChI=1S/C50H97NO7/c1-6-8-10-12-14-16-18-20-21-22-23-24-25-26-27-29-30-32-34-36-38-40-48(52)57-45-46(44-56-43-42-47(50(54)55)51(3,4)5)58-49(53)41-39-37-35-33-31-28-19-17-15-13-11-9-7-2/h46-47H,6-45H2,1-5H3. The minimum atomic E-state index is -1.12. The fraction of sp³-hybridized carbons (Fsp3) is 0.940. The maximum Gasteiger partial charge on any atom is 0.306 e.